The zero-order chi connectivity index (χ0) is 11.9. The molecule has 0 heterocycles. The number of hydrogen-bond donors (Lipinski definition) is 1. The van der Waals surface area contributed by atoms with Crippen molar-refractivity contribution in [1.82, 2.24) is 5.32 Å². The van der Waals surface area contributed by atoms with Crippen LogP contribution in [-0.4, -0.2) is 35.6 Å². The van der Waals surface area contributed by atoms with E-state index in [1.54, 1.807) is 0 Å². The lowest BCUT2D eigenvalue weighted by molar-refractivity contribution is -0.0335. The molecule has 0 rings (SSSR count). The van der Waals surface area contributed by atoms with Gasteiger partial charge in [0.1, 0.15) is 0 Å². The van der Waals surface area contributed by atoms with Crippen LogP contribution in [0.15, 0.2) is 0 Å². The first kappa shape index (κ1) is 18.9. The van der Waals surface area contributed by atoms with Crippen molar-refractivity contribution in [2.45, 2.75) is 11.0 Å². The Hall–Kier alpha value is 0.530. The summed E-state index contributed by atoms with van der Waals surface area (Å²) in [4.78, 5) is 0. The van der Waals surface area contributed by atoms with Gasteiger partial charge in [-0.3, -0.25) is 0 Å². The summed E-state index contributed by atoms with van der Waals surface area (Å²) in [5.41, 5.74) is -8.55. The molecule has 16 heavy (non-hydrogen) atoms. The van der Waals surface area contributed by atoms with E-state index in [9.17, 15) is 26.3 Å². The van der Waals surface area contributed by atoms with E-state index in [0.29, 0.717) is 0 Å². The summed E-state index contributed by atoms with van der Waals surface area (Å²) in [7, 11) is 0. The Labute approximate surface area is 104 Å². The van der Waals surface area contributed by atoms with Gasteiger partial charge in [-0.1, -0.05) is 0 Å². The Balaban J connectivity index is 0. The summed E-state index contributed by atoms with van der Waals surface area (Å²) in [6, 6.07) is 0. The minimum Gasteiger partial charge on any atom is -0.315 e. The minimum atomic E-state index is -4.28. The second kappa shape index (κ2) is 8.60. The Morgan fingerprint density at radius 1 is 0.750 bits per heavy atom. The van der Waals surface area contributed by atoms with Crippen LogP contribution in [0.1, 0.15) is 0 Å². The van der Waals surface area contributed by atoms with Gasteiger partial charge in [0, 0.05) is 24.6 Å². The third kappa shape index (κ3) is 16.9. The number of alkyl halides is 6. The summed E-state index contributed by atoms with van der Waals surface area (Å²) in [5, 5.41) is 2.49. The maximum absolute atomic E-state index is 11.6. The number of hydrogen-bond acceptors (Lipinski definition) is 3. The minimum absolute atomic E-state index is 0. The maximum atomic E-state index is 11.6. The second-order valence-electron chi connectivity index (χ2n) is 2.34. The predicted molar refractivity (Wildman–Crippen MR) is 57.1 cm³/mol. The van der Waals surface area contributed by atoms with Gasteiger partial charge in [0.15, 0.2) is 0 Å². The van der Waals surface area contributed by atoms with Gasteiger partial charge >= 0.3 is 11.0 Å². The van der Waals surface area contributed by atoms with Crippen molar-refractivity contribution in [2.75, 3.05) is 24.6 Å². The average molecular weight is 310 g/mol. The fourth-order valence-corrected chi connectivity index (χ4v) is 1.56. The van der Waals surface area contributed by atoms with Crippen LogP contribution in [0.4, 0.5) is 26.3 Å². The van der Waals surface area contributed by atoms with Gasteiger partial charge in [-0.05, 0) is 23.5 Å². The van der Waals surface area contributed by atoms with E-state index in [-0.39, 0.29) is 60.5 Å². The van der Waals surface area contributed by atoms with Crippen molar-refractivity contribution >= 4 is 35.9 Å². The standard InChI is InChI=1S/C6H9F6NS2.ClH/c7-5(8,9)14-3-1-13-2-4-15-6(10,11)12;/h13H,1-4H2;1H. The highest BCUT2D eigenvalue weighted by atomic mass is 35.5. The number of thioether (sulfide) groups is 2. The highest BCUT2D eigenvalue weighted by Gasteiger charge is 2.28. The van der Waals surface area contributed by atoms with Crippen LogP contribution in [0, 0.1) is 0 Å². The van der Waals surface area contributed by atoms with E-state index < -0.39 is 11.0 Å². The van der Waals surface area contributed by atoms with Crippen molar-refractivity contribution in [2.24, 2.45) is 0 Å². The fourth-order valence-electron chi connectivity index (χ4n) is 0.603. The predicted octanol–water partition coefficient (Wildman–Crippen LogP) is 3.50. The zero-order valence-corrected chi connectivity index (χ0v) is 10.3. The molecule has 0 spiro atoms. The molecule has 0 radical (unpaired) electrons. The van der Waals surface area contributed by atoms with Gasteiger partial charge in [0.25, 0.3) is 0 Å². The molecule has 10 heteroatoms. The molecule has 0 bridgehead atoms. The maximum Gasteiger partial charge on any atom is 0.441 e. The van der Waals surface area contributed by atoms with Crippen molar-refractivity contribution in [1.29, 1.82) is 0 Å². The molecule has 0 aliphatic rings. The molecule has 1 nitrogen and oxygen atoms in total. The summed E-state index contributed by atoms with van der Waals surface area (Å²) in [6.07, 6.45) is 0. The van der Waals surface area contributed by atoms with E-state index >= 15 is 0 Å². The average Bonchev–Trinajstić information content (AvgIpc) is 1.98. The fraction of sp³-hybridized carbons (Fsp3) is 1.00. The Morgan fingerprint density at radius 2 is 1.06 bits per heavy atom. The van der Waals surface area contributed by atoms with Gasteiger partial charge in [-0.2, -0.15) is 26.3 Å². The molecule has 0 unspecified atom stereocenters. The SMILES string of the molecule is Cl.FC(F)(F)SCCNCCSC(F)(F)F. The number of rotatable bonds is 6. The number of halogens is 7. The van der Waals surface area contributed by atoms with E-state index in [4.69, 9.17) is 0 Å². The quantitative estimate of drug-likeness (QED) is 0.596. The summed E-state index contributed by atoms with van der Waals surface area (Å²) < 4.78 is 69.4. The van der Waals surface area contributed by atoms with Crippen molar-refractivity contribution < 1.29 is 26.3 Å². The van der Waals surface area contributed by atoms with Crippen LogP contribution in [0.2, 0.25) is 0 Å². The molecule has 0 atom stereocenters. The van der Waals surface area contributed by atoms with E-state index in [2.05, 4.69) is 5.32 Å². The lowest BCUT2D eigenvalue weighted by atomic mass is 10.7. The van der Waals surface area contributed by atoms with Gasteiger partial charge < -0.3 is 5.32 Å². The Morgan fingerprint density at radius 3 is 1.31 bits per heavy atom. The molecule has 1 N–H and O–H groups in total. The van der Waals surface area contributed by atoms with E-state index in [1.165, 1.54) is 0 Å². The monoisotopic (exact) mass is 309 g/mol. The van der Waals surface area contributed by atoms with Crippen LogP contribution >= 0.6 is 35.9 Å². The van der Waals surface area contributed by atoms with Gasteiger partial charge in [-0.25, -0.2) is 0 Å². The van der Waals surface area contributed by atoms with Crippen LogP contribution in [-0.2, 0) is 0 Å². The van der Waals surface area contributed by atoms with Crippen molar-refractivity contribution in [3.05, 3.63) is 0 Å². The molecule has 0 aromatic rings. The summed E-state index contributed by atoms with van der Waals surface area (Å²) in [5.74, 6) is -0.389. The van der Waals surface area contributed by atoms with Crippen LogP contribution in [0.3, 0.4) is 0 Å². The van der Waals surface area contributed by atoms with Crippen LogP contribution in [0.5, 0.6) is 0 Å². The Kier molecular flexibility index (Phi) is 10.1. The van der Waals surface area contributed by atoms with Crippen LogP contribution in [0.25, 0.3) is 0 Å². The molecular formula is C6H10ClF6NS2. The molecule has 0 aromatic heterocycles. The summed E-state index contributed by atoms with van der Waals surface area (Å²) >= 11 is -0.389. The van der Waals surface area contributed by atoms with E-state index in [1.807, 2.05) is 0 Å². The second-order valence-corrected chi connectivity index (χ2v) is 4.66. The van der Waals surface area contributed by atoms with Gasteiger partial charge in [-0.15, -0.1) is 12.4 Å². The first-order chi connectivity index (χ1) is 6.71. The highest BCUT2D eigenvalue weighted by Crippen LogP contribution is 2.30. The van der Waals surface area contributed by atoms with Crippen molar-refractivity contribution in [3.63, 3.8) is 0 Å². The van der Waals surface area contributed by atoms with Gasteiger partial charge in [0.2, 0.25) is 0 Å². The first-order valence-corrected chi connectivity index (χ1v) is 5.80. The van der Waals surface area contributed by atoms with E-state index in [0.717, 1.165) is 0 Å². The summed E-state index contributed by atoms with van der Waals surface area (Å²) in [6.45, 7) is 0.0885. The number of nitrogens with one attached hydrogen (secondary N) is 1. The molecule has 0 aliphatic carbocycles. The molecule has 100 valence electrons. The lowest BCUT2D eigenvalue weighted by Gasteiger charge is -2.07. The normalized spacial score (nSPS) is 12.4. The topological polar surface area (TPSA) is 12.0 Å². The van der Waals surface area contributed by atoms with Crippen LogP contribution < -0.4 is 5.32 Å². The Bertz CT molecular complexity index is 155. The smallest absolute Gasteiger partial charge is 0.315 e. The molecule has 0 aliphatic heterocycles. The molecule has 0 saturated heterocycles. The molecule has 0 fully saturated rings. The largest absolute Gasteiger partial charge is 0.441 e. The zero-order valence-electron chi connectivity index (χ0n) is 7.82. The first-order valence-electron chi connectivity index (χ1n) is 3.83. The van der Waals surface area contributed by atoms with Crippen molar-refractivity contribution in [3.8, 4) is 0 Å². The molecular weight excluding hydrogens is 300 g/mol. The molecule has 0 saturated carbocycles. The van der Waals surface area contributed by atoms with Gasteiger partial charge in [0.05, 0.1) is 0 Å². The highest BCUT2D eigenvalue weighted by molar-refractivity contribution is 8.00. The third-order valence-corrected chi connectivity index (χ3v) is 2.56. The lowest BCUT2D eigenvalue weighted by Crippen LogP contribution is -2.22. The molecule has 0 aromatic carbocycles. The third-order valence-electron chi connectivity index (χ3n) is 1.09. The molecule has 0 amide bonds.